The van der Waals surface area contributed by atoms with E-state index < -0.39 is 6.10 Å². The van der Waals surface area contributed by atoms with Gasteiger partial charge in [-0.05, 0) is 109 Å². The Morgan fingerprint density at radius 2 is 0.600 bits per heavy atom. The quantitative estimate of drug-likeness (QED) is 0.0262. The number of unbranched alkanes of at least 4 members (excludes halogenated alkanes) is 26. The van der Waals surface area contributed by atoms with Gasteiger partial charge in [0.25, 0.3) is 0 Å². The molecule has 0 unspecified atom stereocenters. The molecule has 0 saturated carbocycles. The molecule has 0 spiro atoms. The van der Waals surface area contributed by atoms with Crippen LogP contribution in [-0.4, -0.2) is 37.2 Å². The van der Waals surface area contributed by atoms with Crippen molar-refractivity contribution < 1.29 is 28.6 Å². The van der Waals surface area contributed by atoms with Crippen LogP contribution in [0.5, 0.6) is 0 Å². The van der Waals surface area contributed by atoms with Crippen LogP contribution in [0, 0.1) is 0 Å². The number of ether oxygens (including phenoxy) is 3. The Morgan fingerprint density at radius 3 is 0.985 bits per heavy atom. The zero-order chi connectivity index (χ0) is 47.2. The second-order valence-corrected chi connectivity index (χ2v) is 18.1. The molecule has 0 aliphatic rings. The number of rotatable bonds is 49. The van der Waals surface area contributed by atoms with Crippen LogP contribution in [0.25, 0.3) is 0 Å². The fourth-order valence-corrected chi connectivity index (χ4v) is 7.54. The SMILES string of the molecule is CC/C=C\C/C=C\C/C=C\CCCCCCCC(=O)O[C@H](COC(=O)CCCCCCC/C=C\C/C=C\CCCCC)COC(=O)CCCCCCCCC/C=C\CCCCCCCC. The smallest absolute Gasteiger partial charge is 0.306 e. The lowest BCUT2D eigenvalue weighted by Crippen LogP contribution is -2.30. The second kappa shape index (κ2) is 53.5. The van der Waals surface area contributed by atoms with E-state index >= 15 is 0 Å². The lowest BCUT2D eigenvalue weighted by Gasteiger charge is -2.18. The molecule has 0 aromatic carbocycles. The molecular weight excluding hydrogens is 805 g/mol. The molecule has 0 radical (unpaired) electrons. The highest BCUT2D eigenvalue weighted by molar-refractivity contribution is 5.71. The molecule has 1 atom stereocenters. The van der Waals surface area contributed by atoms with E-state index in [4.69, 9.17) is 14.2 Å². The molecule has 0 aromatic rings. The van der Waals surface area contributed by atoms with Crippen LogP contribution in [0.15, 0.2) is 72.9 Å². The molecule has 0 aromatic heterocycles. The molecule has 0 aliphatic carbocycles. The predicted octanol–water partition coefficient (Wildman–Crippen LogP) is 18.2. The largest absolute Gasteiger partial charge is 0.462 e. The van der Waals surface area contributed by atoms with Gasteiger partial charge in [0, 0.05) is 19.3 Å². The van der Waals surface area contributed by atoms with Crippen LogP contribution in [-0.2, 0) is 28.6 Å². The minimum atomic E-state index is -0.792. The summed E-state index contributed by atoms with van der Waals surface area (Å²) < 4.78 is 16.8. The summed E-state index contributed by atoms with van der Waals surface area (Å²) in [5.74, 6) is -0.920. The first-order chi connectivity index (χ1) is 32.0. The van der Waals surface area contributed by atoms with E-state index in [0.29, 0.717) is 19.3 Å². The minimum Gasteiger partial charge on any atom is -0.462 e. The van der Waals surface area contributed by atoms with Crippen LogP contribution >= 0.6 is 0 Å². The Labute approximate surface area is 402 Å². The van der Waals surface area contributed by atoms with E-state index in [1.807, 2.05) is 0 Å². The Kier molecular flexibility index (Phi) is 50.9. The maximum absolute atomic E-state index is 12.8. The van der Waals surface area contributed by atoms with Crippen LogP contribution in [0.1, 0.15) is 265 Å². The molecule has 0 heterocycles. The summed E-state index contributed by atoms with van der Waals surface area (Å²) in [4.78, 5) is 38.1. The topological polar surface area (TPSA) is 78.9 Å². The van der Waals surface area contributed by atoms with Gasteiger partial charge in [-0.15, -0.1) is 0 Å². The lowest BCUT2D eigenvalue weighted by molar-refractivity contribution is -0.167. The van der Waals surface area contributed by atoms with Crippen molar-refractivity contribution >= 4 is 17.9 Å². The molecule has 65 heavy (non-hydrogen) atoms. The minimum absolute atomic E-state index is 0.0891. The van der Waals surface area contributed by atoms with Crippen molar-refractivity contribution in [1.82, 2.24) is 0 Å². The third-order valence-corrected chi connectivity index (χ3v) is 11.7. The maximum atomic E-state index is 12.8. The zero-order valence-electron chi connectivity index (χ0n) is 42.7. The average molecular weight is 907 g/mol. The summed E-state index contributed by atoms with van der Waals surface area (Å²) >= 11 is 0. The van der Waals surface area contributed by atoms with Crippen molar-refractivity contribution in [3.05, 3.63) is 72.9 Å². The Balaban J connectivity index is 4.43. The molecule has 0 saturated heterocycles. The van der Waals surface area contributed by atoms with E-state index in [2.05, 4.69) is 93.7 Å². The third-order valence-electron chi connectivity index (χ3n) is 11.7. The third kappa shape index (κ3) is 51.7. The highest BCUT2D eigenvalue weighted by Gasteiger charge is 2.19. The summed E-state index contributed by atoms with van der Waals surface area (Å²) in [7, 11) is 0. The lowest BCUT2D eigenvalue weighted by atomic mass is 10.1. The van der Waals surface area contributed by atoms with Gasteiger partial charge in [0.1, 0.15) is 13.2 Å². The number of carbonyl (C=O) groups is 3. The number of hydrogen-bond donors (Lipinski definition) is 0. The highest BCUT2D eigenvalue weighted by Crippen LogP contribution is 2.14. The molecule has 0 bridgehead atoms. The summed E-state index contributed by atoms with van der Waals surface area (Å²) in [5.41, 5.74) is 0. The Hall–Kier alpha value is -3.15. The van der Waals surface area contributed by atoms with E-state index in [1.54, 1.807) is 0 Å². The van der Waals surface area contributed by atoms with E-state index in [-0.39, 0.29) is 31.1 Å². The Bertz CT molecular complexity index is 1230. The molecule has 6 heteroatoms. The van der Waals surface area contributed by atoms with Gasteiger partial charge in [-0.25, -0.2) is 0 Å². The molecule has 0 rings (SSSR count). The monoisotopic (exact) mass is 907 g/mol. The van der Waals surface area contributed by atoms with Crippen LogP contribution in [0.3, 0.4) is 0 Å². The summed E-state index contributed by atoms with van der Waals surface area (Å²) in [6.07, 6.45) is 67.4. The van der Waals surface area contributed by atoms with Crippen molar-refractivity contribution in [3.63, 3.8) is 0 Å². The van der Waals surface area contributed by atoms with Gasteiger partial charge in [-0.3, -0.25) is 14.4 Å². The van der Waals surface area contributed by atoms with E-state index in [1.165, 1.54) is 109 Å². The molecule has 6 nitrogen and oxygen atoms in total. The van der Waals surface area contributed by atoms with E-state index in [0.717, 1.165) is 116 Å². The average Bonchev–Trinajstić information content (AvgIpc) is 3.30. The Morgan fingerprint density at radius 1 is 0.323 bits per heavy atom. The second-order valence-electron chi connectivity index (χ2n) is 18.1. The first-order valence-electron chi connectivity index (χ1n) is 27.4. The number of carbonyl (C=O) groups excluding carboxylic acids is 3. The van der Waals surface area contributed by atoms with Gasteiger partial charge < -0.3 is 14.2 Å². The van der Waals surface area contributed by atoms with E-state index in [9.17, 15) is 14.4 Å². The van der Waals surface area contributed by atoms with Gasteiger partial charge in [0.15, 0.2) is 6.10 Å². The van der Waals surface area contributed by atoms with Crippen LogP contribution in [0.4, 0.5) is 0 Å². The van der Waals surface area contributed by atoms with Crippen molar-refractivity contribution in [3.8, 4) is 0 Å². The van der Waals surface area contributed by atoms with Gasteiger partial charge in [-0.2, -0.15) is 0 Å². The normalized spacial score (nSPS) is 12.6. The maximum Gasteiger partial charge on any atom is 0.306 e. The zero-order valence-corrected chi connectivity index (χ0v) is 42.7. The van der Waals surface area contributed by atoms with Crippen LogP contribution in [0.2, 0.25) is 0 Å². The molecular formula is C59H102O6. The number of allylic oxidation sites excluding steroid dienone is 12. The highest BCUT2D eigenvalue weighted by atomic mass is 16.6. The molecule has 0 aliphatic heterocycles. The van der Waals surface area contributed by atoms with Crippen molar-refractivity contribution in [2.75, 3.05) is 13.2 Å². The number of hydrogen-bond acceptors (Lipinski definition) is 6. The molecule has 374 valence electrons. The molecule has 0 N–H and O–H groups in total. The van der Waals surface area contributed by atoms with Crippen molar-refractivity contribution in [2.45, 2.75) is 271 Å². The molecule has 0 fully saturated rings. The number of esters is 3. The van der Waals surface area contributed by atoms with Gasteiger partial charge >= 0.3 is 17.9 Å². The predicted molar refractivity (Wildman–Crippen MR) is 279 cm³/mol. The van der Waals surface area contributed by atoms with Gasteiger partial charge in [0.2, 0.25) is 0 Å². The first kappa shape index (κ1) is 61.9. The van der Waals surface area contributed by atoms with Crippen molar-refractivity contribution in [2.24, 2.45) is 0 Å². The fourth-order valence-electron chi connectivity index (χ4n) is 7.54. The standard InChI is InChI=1S/C59H102O6/c1-4-7-10-13-16-19-22-25-28-29-32-34-37-40-43-46-49-52-58(61)64-55-56(65-59(62)53-50-47-44-41-38-35-31-27-24-21-18-15-12-9-6-3)54-63-57(60)51-48-45-42-39-36-33-30-26-23-20-17-14-11-8-5-2/h9,12,17-18,20-21,25-28,30-31,56H,4-8,10-11,13-16,19,22-24,29,32-55H2,1-3H3/b12-9-,20-17-,21-18-,28-25-,30-26-,31-27-/t56-/m1/s1. The molecule has 0 amide bonds. The van der Waals surface area contributed by atoms with Gasteiger partial charge in [-0.1, -0.05) is 209 Å². The van der Waals surface area contributed by atoms with Gasteiger partial charge in [0.05, 0.1) is 0 Å². The van der Waals surface area contributed by atoms with Crippen molar-refractivity contribution in [1.29, 1.82) is 0 Å². The summed E-state index contributed by atoms with van der Waals surface area (Å²) in [5, 5.41) is 0. The summed E-state index contributed by atoms with van der Waals surface area (Å²) in [6, 6.07) is 0. The summed E-state index contributed by atoms with van der Waals surface area (Å²) in [6.45, 7) is 6.48. The van der Waals surface area contributed by atoms with Crippen LogP contribution < -0.4 is 0 Å². The fraction of sp³-hybridized carbons (Fsp3) is 0.746. The first-order valence-corrected chi connectivity index (χ1v) is 27.4.